The van der Waals surface area contributed by atoms with Crippen LogP contribution in [0.15, 0.2) is 36.0 Å². The molecule has 0 aliphatic carbocycles. The molecule has 27 heavy (non-hydrogen) atoms. The Hall–Kier alpha value is -1.00. The predicted molar refractivity (Wildman–Crippen MR) is 121 cm³/mol. The summed E-state index contributed by atoms with van der Waals surface area (Å²) in [7, 11) is 1.71. The number of unbranched alkanes of at least 4 members (excludes halogenated alkanes) is 1. The maximum absolute atomic E-state index is 11.1. The number of methoxy groups -OCH3 is 1. The minimum atomic E-state index is -0.157. The van der Waals surface area contributed by atoms with Crippen LogP contribution in [0.1, 0.15) is 67.7 Å². The van der Waals surface area contributed by atoms with Crippen molar-refractivity contribution in [3.8, 4) is 0 Å². The van der Waals surface area contributed by atoms with Crippen LogP contribution in [0.25, 0.3) is 0 Å². The molecular weight excluding hydrogens is 354 g/mol. The van der Waals surface area contributed by atoms with E-state index in [0.717, 1.165) is 25.9 Å². The number of carbonyl (C=O) groups is 1. The Kier molecular flexibility index (Phi) is 11.3. The average molecular weight is 396 g/mol. The first-order valence-corrected chi connectivity index (χ1v) is 10.3. The summed E-state index contributed by atoms with van der Waals surface area (Å²) in [4.78, 5) is 13.0. The standard InChI is InChI=1S/C16H25NO.C7H16OS/c1-5-6-7-8-9-13(2)14(3)10-16-11-17(12-16)15(4)18;1-6(2,8-5)7(3,4)9/h7-9,16H,3,5-6,10-12H2,1-2,4H3;9H,1-5H3/b8-7-,13-9-;. The lowest BCUT2D eigenvalue weighted by molar-refractivity contribution is -0.134. The van der Waals surface area contributed by atoms with Gasteiger partial charge in [-0.3, -0.25) is 4.79 Å². The van der Waals surface area contributed by atoms with Crippen molar-refractivity contribution < 1.29 is 9.53 Å². The fourth-order valence-corrected chi connectivity index (χ4v) is 2.40. The highest BCUT2D eigenvalue weighted by Crippen LogP contribution is 2.30. The SMILES string of the molecule is C=C(CC1CN(C(C)=O)C1)/C(C)=C\C=C/CCC.COC(C)(C)C(C)(C)S. The molecule has 3 nitrogen and oxygen atoms in total. The molecule has 0 aromatic rings. The zero-order valence-corrected chi connectivity index (χ0v) is 19.7. The molecule has 156 valence electrons. The van der Waals surface area contributed by atoms with E-state index in [0.29, 0.717) is 5.92 Å². The van der Waals surface area contributed by atoms with Crippen LogP contribution in [0, 0.1) is 5.92 Å². The molecule has 1 amide bonds. The van der Waals surface area contributed by atoms with E-state index in [1.165, 1.54) is 17.6 Å². The van der Waals surface area contributed by atoms with Crippen molar-refractivity contribution >= 4 is 18.5 Å². The molecule has 0 bridgehead atoms. The number of amides is 1. The fraction of sp³-hybridized carbons (Fsp3) is 0.696. The quantitative estimate of drug-likeness (QED) is 0.414. The molecule has 0 radical (unpaired) electrons. The summed E-state index contributed by atoms with van der Waals surface area (Å²) in [6, 6.07) is 0. The highest BCUT2D eigenvalue weighted by atomic mass is 32.1. The lowest BCUT2D eigenvalue weighted by Crippen LogP contribution is -2.49. The third-order valence-electron chi connectivity index (χ3n) is 5.42. The Labute approximate surface area is 173 Å². The van der Waals surface area contributed by atoms with Gasteiger partial charge in [0.25, 0.3) is 0 Å². The second-order valence-corrected chi connectivity index (χ2v) is 9.56. The Morgan fingerprint density at radius 2 is 1.81 bits per heavy atom. The molecule has 1 fully saturated rings. The molecular formula is C23H41NO2S. The first-order chi connectivity index (χ1) is 12.4. The molecule has 0 atom stereocenters. The van der Waals surface area contributed by atoms with E-state index in [4.69, 9.17) is 4.74 Å². The van der Waals surface area contributed by atoms with Gasteiger partial charge in [-0.2, -0.15) is 12.6 Å². The van der Waals surface area contributed by atoms with Gasteiger partial charge in [0.2, 0.25) is 5.91 Å². The monoisotopic (exact) mass is 395 g/mol. The lowest BCUT2D eigenvalue weighted by atomic mass is 9.90. The van der Waals surface area contributed by atoms with E-state index >= 15 is 0 Å². The zero-order valence-electron chi connectivity index (χ0n) is 18.8. The first-order valence-electron chi connectivity index (χ1n) is 9.90. The van der Waals surface area contributed by atoms with Crippen molar-refractivity contribution in [2.75, 3.05) is 20.2 Å². The topological polar surface area (TPSA) is 29.5 Å². The predicted octanol–water partition coefficient (Wildman–Crippen LogP) is 5.83. The lowest BCUT2D eigenvalue weighted by Gasteiger charge is -2.39. The second kappa shape index (κ2) is 11.8. The molecule has 4 heteroatoms. The van der Waals surface area contributed by atoms with Gasteiger partial charge in [-0.1, -0.05) is 43.7 Å². The molecule has 1 saturated heterocycles. The van der Waals surface area contributed by atoms with Crippen molar-refractivity contribution in [3.05, 3.63) is 36.0 Å². The molecule has 0 aromatic carbocycles. The summed E-state index contributed by atoms with van der Waals surface area (Å²) in [5, 5.41) is 0. The largest absolute Gasteiger partial charge is 0.377 e. The van der Waals surface area contributed by atoms with Gasteiger partial charge in [0.15, 0.2) is 0 Å². The van der Waals surface area contributed by atoms with Crippen LogP contribution in [-0.2, 0) is 9.53 Å². The number of rotatable bonds is 8. The Morgan fingerprint density at radius 3 is 2.19 bits per heavy atom. The van der Waals surface area contributed by atoms with Gasteiger partial charge < -0.3 is 9.64 Å². The van der Waals surface area contributed by atoms with E-state index in [-0.39, 0.29) is 16.3 Å². The number of thiol groups is 1. The first kappa shape index (κ1) is 26.0. The molecule has 0 unspecified atom stereocenters. The van der Waals surface area contributed by atoms with Crippen molar-refractivity contribution in [2.45, 2.75) is 78.1 Å². The van der Waals surface area contributed by atoms with Crippen LogP contribution in [0.3, 0.4) is 0 Å². The summed E-state index contributed by atoms with van der Waals surface area (Å²) in [6.07, 6.45) is 9.77. The van der Waals surface area contributed by atoms with E-state index in [2.05, 4.69) is 51.3 Å². The molecule has 0 spiro atoms. The molecule has 0 saturated carbocycles. The van der Waals surface area contributed by atoms with Crippen LogP contribution in [0.4, 0.5) is 0 Å². The molecule has 1 heterocycles. The van der Waals surface area contributed by atoms with Crippen molar-refractivity contribution in [1.82, 2.24) is 4.90 Å². The number of nitrogens with zero attached hydrogens (tertiary/aromatic N) is 1. The number of hydrogen-bond donors (Lipinski definition) is 1. The normalized spacial score (nSPS) is 16.0. The van der Waals surface area contributed by atoms with Gasteiger partial charge in [-0.15, -0.1) is 0 Å². The average Bonchev–Trinajstić information content (AvgIpc) is 2.53. The van der Waals surface area contributed by atoms with Crippen LogP contribution >= 0.6 is 12.6 Å². The maximum Gasteiger partial charge on any atom is 0.219 e. The van der Waals surface area contributed by atoms with E-state index in [9.17, 15) is 4.79 Å². The van der Waals surface area contributed by atoms with Crippen molar-refractivity contribution in [2.24, 2.45) is 5.92 Å². The number of ether oxygens (including phenoxy) is 1. The fourth-order valence-electron chi connectivity index (χ4n) is 2.31. The smallest absolute Gasteiger partial charge is 0.219 e. The van der Waals surface area contributed by atoms with Gasteiger partial charge in [0.05, 0.1) is 5.60 Å². The second-order valence-electron chi connectivity index (χ2n) is 8.44. The van der Waals surface area contributed by atoms with Gasteiger partial charge in [0, 0.05) is 31.9 Å². The van der Waals surface area contributed by atoms with Crippen LogP contribution < -0.4 is 0 Å². The van der Waals surface area contributed by atoms with Crippen molar-refractivity contribution in [3.63, 3.8) is 0 Å². The highest BCUT2D eigenvalue weighted by Gasteiger charge is 2.33. The Balaban J connectivity index is 0.000000636. The van der Waals surface area contributed by atoms with Gasteiger partial charge >= 0.3 is 0 Å². The minimum Gasteiger partial charge on any atom is -0.377 e. The minimum absolute atomic E-state index is 0.0816. The van der Waals surface area contributed by atoms with E-state index in [1.807, 2.05) is 32.6 Å². The van der Waals surface area contributed by atoms with Crippen LogP contribution in [0.2, 0.25) is 0 Å². The van der Waals surface area contributed by atoms with Crippen LogP contribution in [0.5, 0.6) is 0 Å². The van der Waals surface area contributed by atoms with E-state index < -0.39 is 0 Å². The number of carbonyl (C=O) groups excluding carboxylic acids is 1. The molecule has 1 aliphatic rings. The molecule has 1 rings (SSSR count). The van der Waals surface area contributed by atoms with Gasteiger partial charge in [-0.05, 0) is 59.0 Å². The molecule has 0 aromatic heterocycles. The summed E-state index contributed by atoms with van der Waals surface area (Å²) < 4.78 is 5.14. The number of likely N-dealkylation sites (tertiary alicyclic amines) is 1. The Bertz CT molecular complexity index is 535. The van der Waals surface area contributed by atoms with Gasteiger partial charge in [0.1, 0.15) is 0 Å². The Morgan fingerprint density at radius 1 is 1.26 bits per heavy atom. The van der Waals surface area contributed by atoms with Crippen molar-refractivity contribution in [1.29, 1.82) is 0 Å². The zero-order chi connectivity index (χ0) is 21.3. The number of allylic oxidation sites excluding steroid dienone is 5. The maximum atomic E-state index is 11.1. The summed E-state index contributed by atoms with van der Waals surface area (Å²) >= 11 is 4.39. The number of hydrogen-bond acceptors (Lipinski definition) is 3. The molecule has 0 N–H and O–H groups in total. The van der Waals surface area contributed by atoms with Gasteiger partial charge in [-0.25, -0.2) is 0 Å². The van der Waals surface area contributed by atoms with Crippen LogP contribution in [-0.4, -0.2) is 41.4 Å². The summed E-state index contributed by atoms with van der Waals surface area (Å²) in [5.41, 5.74) is 2.30. The highest BCUT2D eigenvalue weighted by molar-refractivity contribution is 7.81. The summed E-state index contributed by atoms with van der Waals surface area (Å²) in [6.45, 7) is 20.0. The summed E-state index contributed by atoms with van der Waals surface area (Å²) in [5.74, 6) is 0.788. The third-order valence-corrected chi connectivity index (χ3v) is 5.96. The molecule has 1 aliphatic heterocycles. The van der Waals surface area contributed by atoms with E-state index in [1.54, 1.807) is 14.0 Å². The third kappa shape index (κ3) is 9.66.